The topological polar surface area (TPSA) is 54.5 Å². The van der Waals surface area contributed by atoms with Gasteiger partial charge in [-0.05, 0) is 38.8 Å². The van der Waals surface area contributed by atoms with Crippen LogP contribution in [0.15, 0.2) is 18.3 Å². The van der Waals surface area contributed by atoms with Crippen LogP contribution < -0.4 is 5.32 Å². The third-order valence-corrected chi connectivity index (χ3v) is 4.18. The van der Waals surface area contributed by atoms with Gasteiger partial charge in [-0.1, -0.05) is 6.07 Å². The Morgan fingerprint density at radius 1 is 1.48 bits per heavy atom. The number of hydrogen-bond donors (Lipinski definition) is 1. The minimum Gasteiger partial charge on any atom is -0.444 e. The lowest BCUT2D eigenvalue weighted by molar-refractivity contribution is 0.0283. The Kier molecular flexibility index (Phi) is 3.40. The average molecular weight is 289 g/mol. The van der Waals surface area contributed by atoms with Crippen LogP contribution in [0.4, 0.5) is 4.79 Å². The molecule has 1 N–H and O–H groups in total. The summed E-state index contributed by atoms with van der Waals surface area (Å²) in [4.78, 5) is 18.7. The second-order valence-electron chi connectivity index (χ2n) is 7.05. The van der Waals surface area contributed by atoms with Crippen molar-refractivity contribution in [2.75, 3.05) is 19.6 Å². The molecule has 2 aliphatic rings. The van der Waals surface area contributed by atoms with Gasteiger partial charge in [-0.3, -0.25) is 4.98 Å². The molecule has 0 radical (unpaired) electrons. The maximum Gasteiger partial charge on any atom is 0.410 e. The second kappa shape index (κ2) is 4.98. The fourth-order valence-corrected chi connectivity index (χ4v) is 3.27. The van der Waals surface area contributed by atoms with E-state index in [1.165, 1.54) is 5.56 Å². The maximum absolute atomic E-state index is 12.3. The first-order valence-electron chi connectivity index (χ1n) is 7.53. The van der Waals surface area contributed by atoms with E-state index < -0.39 is 5.60 Å². The zero-order valence-corrected chi connectivity index (χ0v) is 13.0. The van der Waals surface area contributed by atoms with Gasteiger partial charge in [-0.15, -0.1) is 0 Å². The molecule has 1 spiro atoms. The van der Waals surface area contributed by atoms with Gasteiger partial charge in [0.15, 0.2) is 0 Å². The van der Waals surface area contributed by atoms with Crippen LogP contribution in [0.5, 0.6) is 0 Å². The number of carbonyl (C=O) groups excluding carboxylic acids is 1. The second-order valence-corrected chi connectivity index (χ2v) is 7.05. The van der Waals surface area contributed by atoms with E-state index in [-0.39, 0.29) is 11.5 Å². The largest absolute Gasteiger partial charge is 0.444 e. The Balaban J connectivity index is 1.80. The highest BCUT2D eigenvalue weighted by atomic mass is 16.6. The number of pyridine rings is 1. The average Bonchev–Trinajstić information content (AvgIpc) is 2.83. The SMILES string of the molecule is CC(C)(C)OC(=O)N1CCC2(CNCc3cccnc32)C1. The normalized spacial score (nSPS) is 25.0. The molecule has 0 saturated carbocycles. The molecule has 0 aliphatic carbocycles. The molecular formula is C16H23N3O2. The van der Waals surface area contributed by atoms with E-state index in [2.05, 4.69) is 16.4 Å². The third kappa shape index (κ3) is 2.75. The van der Waals surface area contributed by atoms with Crippen molar-refractivity contribution in [3.05, 3.63) is 29.6 Å². The van der Waals surface area contributed by atoms with Crippen LogP contribution in [0.3, 0.4) is 0 Å². The van der Waals surface area contributed by atoms with Gasteiger partial charge >= 0.3 is 6.09 Å². The summed E-state index contributed by atoms with van der Waals surface area (Å²) in [7, 11) is 0. The Bertz CT molecular complexity index is 553. The molecule has 1 atom stereocenters. The van der Waals surface area contributed by atoms with Crippen molar-refractivity contribution < 1.29 is 9.53 Å². The molecule has 0 bridgehead atoms. The monoisotopic (exact) mass is 289 g/mol. The van der Waals surface area contributed by atoms with E-state index >= 15 is 0 Å². The molecule has 1 amide bonds. The molecule has 1 aromatic rings. The summed E-state index contributed by atoms with van der Waals surface area (Å²) < 4.78 is 5.49. The predicted molar refractivity (Wildman–Crippen MR) is 80.0 cm³/mol. The molecule has 3 rings (SSSR count). The number of rotatable bonds is 0. The van der Waals surface area contributed by atoms with Crippen molar-refractivity contribution >= 4 is 6.09 Å². The number of amides is 1. The van der Waals surface area contributed by atoms with E-state index in [0.29, 0.717) is 6.54 Å². The number of nitrogens with one attached hydrogen (secondary N) is 1. The van der Waals surface area contributed by atoms with E-state index in [9.17, 15) is 4.79 Å². The van der Waals surface area contributed by atoms with Crippen molar-refractivity contribution in [3.8, 4) is 0 Å². The lowest BCUT2D eigenvalue weighted by atomic mass is 9.78. The molecule has 3 heterocycles. The molecule has 1 saturated heterocycles. The Morgan fingerprint density at radius 3 is 3.05 bits per heavy atom. The van der Waals surface area contributed by atoms with Crippen molar-refractivity contribution in [3.63, 3.8) is 0 Å². The molecular weight excluding hydrogens is 266 g/mol. The smallest absolute Gasteiger partial charge is 0.410 e. The summed E-state index contributed by atoms with van der Waals surface area (Å²) in [5, 5.41) is 3.46. The van der Waals surface area contributed by atoms with E-state index in [0.717, 1.165) is 31.7 Å². The lowest BCUT2D eigenvalue weighted by Crippen LogP contribution is -2.47. The van der Waals surface area contributed by atoms with Gasteiger partial charge in [0, 0.05) is 37.8 Å². The quantitative estimate of drug-likeness (QED) is 0.794. The molecule has 5 heteroatoms. The van der Waals surface area contributed by atoms with Crippen molar-refractivity contribution in [1.82, 2.24) is 15.2 Å². The van der Waals surface area contributed by atoms with Crippen LogP contribution in [0.1, 0.15) is 38.4 Å². The minimum absolute atomic E-state index is 0.0637. The lowest BCUT2D eigenvalue weighted by Gasteiger charge is -2.35. The van der Waals surface area contributed by atoms with Crippen molar-refractivity contribution in [2.45, 2.75) is 44.8 Å². The van der Waals surface area contributed by atoms with Crippen LogP contribution in [-0.4, -0.2) is 41.2 Å². The highest BCUT2D eigenvalue weighted by Crippen LogP contribution is 2.37. The standard InChI is InChI=1S/C16H23N3O2/c1-15(2,3)21-14(20)19-8-6-16(11-19)10-17-9-12-5-4-7-18-13(12)16/h4-5,7,17H,6,8-11H2,1-3H3. The fraction of sp³-hybridized carbons (Fsp3) is 0.625. The third-order valence-electron chi connectivity index (χ3n) is 4.18. The molecule has 1 aromatic heterocycles. The summed E-state index contributed by atoms with van der Waals surface area (Å²) in [6, 6.07) is 4.09. The summed E-state index contributed by atoms with van der Waals surface area (Å²) in [5.41, 5.74) is 1.88. The van der Waals surface area contributed by atoms with E-state index in [1.807, 2.05) is 37.9 Å². The van der Waals surface area contributed by atoms with Gasteiger partial charge in [0.25, 0.3) is 0 Å². The molecule has 1 fully saturated rings. The molecule has 2 aliphatic heterocycles. The summed E-state index contributed by atoms with van der Waals surface area (Å²) in [6.45, 7) is 8.83. The van der Waals surface area contributed by atoms with Gasteiger partial charge in [0.05, 0.1) is 5.69 Å². The van der Waals surface area contributed by atoms with Crippen molar-refractivity contribution in [2.24, 2.45) is 0 Å². The highest BCUT2D eigenvalue weighted by Gasteiger charge is 2.45. The molecule has 5 nitrogen and oxygen atoms in total. The number of hydrogen-bond acceptors (Lipinski definition) is 4. The van der Waals surface area contributed by atoms with E-state index in [1.54, 1.807) is 0 Å². The van der Waals surface area contributed by atoms with Crippen LogP contribution in [0.25, 0.3) is 0 Å². The van der Waals surface area contributed by atoms with Crippen LogP contribution in [-0.2, 0) is 16.7 Å². The predicted octanol–water partition coefficient (Wildman–Crippen LogP) is 2.06. The van der Waals surface area contributed by atoms with E-state index in [4.69, 9.17) is 4.74 Å². The van der Waals surface area contributed by atoms with Gasteiger partial charge in [0.1, 0.15) is 5.60 Å². The number of carbonyl (C=O) groups is 1. The maximum atomic E-state index is 12.3. The number of likely N-dealkylation sites (tertiary alicyclic amines) is 1. The van der Waals surface area contributed by atoms with Crippen molar-refractivity contribution in [1.29, 1.82) is 0 Å². The van der Waals surface area contributed by atoms with Gasteiger partial charge in [0.2, 0.25) is 0 Å². The van der Waals surface area contributed by atoms with Crippen LogP contribution in [0.2, 0.25) is 0 Å². The Hall–Kier alpha value is -1.62. The number of nitrogens with zero attached hydrogens (tertiary/aromatic N) is 2. The number of aromatic nitrogens is 1. The first kappa shape index (κ1) is 14.3. The fourth-order valence-electron chi connectivity index (χ4n) is 3.27. The van der Waals surface area contributed by atoms with Gasteiger partial charge in [-0.25, -0.2) is 4.79 Å². The highest BCUT2D eigenvalue weighted by molar-refractivity contribution is 5.69. The summed E-state index contributed by atoms with van der Waals surface area (Å²) >= 11 is 0. The first-order chi connectivity index (χ1) is 9.90. The molecule has 1 unspecified atom stereocenters. The number of ether oxygens (including phenoxy) is 1. The minimum atomic E-state index is -0.451. The summed E-state index contributed by atoms with van der Waals surface area (Å²) in [6.07, 6.45) is 2.56. The number of fused-ring (bicyclic) bond motifs is 2. The Labute approximate surface area is 125 Å². The Morgan fingerprint density at radius 2 is 2.29 bits per heavy atom. The first-order valence-corrected chi connectivity index (χ1v) is 7.53. The van der Waals surface area contributed by atoms with Gasteiger partial charge in [-0.2, -0.15) is 0 Å². The molecule has 114 valence electrons. The zero-order valence-electron chi connectivity index (χ0n) is 13.0. The van der Waals surface area contributed by atoms with Crippen LogP contribution >= 0.6 is 0 Å². The molecule has 0 aromatic carbocycles. The summed E-state index contributed by atoms with van der Waals surface area (Å²) in [5.74, 6) is 0. The zero-order chi connectivity index (χ0) is 15.1. The van der Waals surface area contributed by atoms with Crippen LogP contribution in [0, 0.1) is 0 Å². The van der Waals surface area contributed by atoms with Gasteiger partial charge < -0.3 is 15.0 Å². The molecule has 21 heavy (non-hydrogen) atoms.